The van der Waals surface area contributed by atoms with Crippen molar-refractivity contribution in [3.63, 3.8) is 0 Å². The lowest BCUT2D eigenvalue weighted by Crippen LogP contribution is -2.41. The molecule has 2 N–H and O–H groups in total. The van der Waals surface area contributed by atoms with Gasteiger partial charge in [-0.15, -0.1) is 0 Å². The number of hydrogen-bond acceptors (Lipinski definition) is 3. The van der Waals surface area contributed by atoms with Crippen molar-refractivity contribution in [3.05, 3.63) is 24.2 Å². The molecule has 1 saturated carbocycles. The molecule has 0 aromatic carbocycles. The summed E-state index contributed by atoms with van der Waals surface area (Å²) in [4.78, 5) is 22.8. The Bertz CT molecular complexity index is 434. The summed E-state index contributed by atoms with van der Waals surface area (Å²) >= 11 is 0. The van der Waals surface area contributed by atoms with Gasteiger partial charge in [-0.1, -0.05) is 0 Å². The van der Waals surface area contributed by atoms with Crippen LogP contribution in [0.5, 0.6) is 0 Å². The summed E-state index contributed by atoms with van der Waals surface area (Å²) < 4.78 is 5.20. The van der Waals surface area contributed by atoms with Gasteiger partial charge in [-0.05, 0) is 38.3 Å². The van der Waals surface area contributed by atoms with Gasteiger partial charge in [0.15, 0.2) is 0 Å². The van der Waals surface area contributed by atoms with Crippen LogP contribution in [-0.4, -0.2) is 23.0 Å². The summed E-state index contributed by atoms with van der Waals surface area (Å²) in [6, 6.07) is 3.65. The number of rotatable bonds is 6. The first-order chi connectivity index (χ1) is 8.54. The lowest BCUT2D eigenvalue weighted by Gasteiger charge is -2.16. The predicted octanol–water partition coefficient (Wildman–Crippen LogP) is 1.58. The zero-order valence-corrected chi connectivity index (χ0v) is 10.3. The lowest BCUT2D eigenvalue weighted by molar-refractivity contribution is -0.149. The molecule has 0 radical (unpaired) electrons. The SMILES string of the molecule is CC(CCc1ccco1)NC(=O)C1(C(=O)O)CC1. The van der Waals surface area contributed by atoms with Crippen molar-refractivity contribution in [1.29, 1.82) is 0 Å². The van der Waals surface area contributed by atoms with Crippen LogP contribution >= 0.6 is 0 Å². The average molecular weight is 251 g/mol. The van der Waals surface area contributed by atoms with Gasteiger partial charge in [0.1, 0.15) is 11.2 Å². The maximum Gasteiger partial charge on any atom is 0.319 e. The van der Waals surface area contributed by atoms with Gasteiger partial charge in [-0.25, -0.2) is 0 Å². The third kappa shape index (κ3) is 2.55. The first-order valence-corrected chi connectivity index (χ1v) is 6.11. The lowest BCUT2D eigenvalue weighted by atomic mass is 10.1. The Morgan fingerprint density at radius 2 is 2.28 bits per heavy atom. The number of aryl methyl sites for hydroxylation is 1. The van der Waals surface area contributed by atoms with Crippen molar-refractivity contribution in [3.8, 4) is 0 Å². The molecule has 0 saturated heterocycles. The number of amides is 1. The monoisotopic (exact) mass is 251 g/mol. The Morgan fingerprint density at radius 1 is 1.56 bits per heavy atom. The third-order valence-corrected chi connectivity index (χ3v) is 3.38. The highest BCUT2D eigenvalue weighted by atomic mass is 16.4. The molecular formula is C13H17NO4. The van der Waals surface area contributed by atoms with Crippen LogP contribution in [0, 0.1) is 5.41 Å². The molecule has 2 rings (SSSR count). The molecule has 0 aliphatic heterocycles. The number of nitrogens with one attached hydrogen (secondary N) is 1. The maximum atomic E-state index is 11.8. The van der Waals surface area contributed by atoms with Gasteiger partial charge < -0.3 is 14.8 Å². The van der Waals surface area contributed by atoms with Gasteiger partial charge in [0, 0.05) is 12.5 Å². The normalized spacial score (nSPS) is 18.1. The van der Waals surface area contributed by atoms with Crippen molar-refractivity contribution in [2.45, 2.75) is 38.6 Å². The molecule has 1 aliphatic carbocycles. The molecule has 1 unspecified atom stereocenters. The first kappa shape index (κ1) is 12.7. The molecule has 5 nitrogen and oxygen atoms in total. The molecule has 0 spiro atoms. The van der Waals surface area contributed by atoms with E-state index in [1.54, 1.807) is 6.26 Å². The molecule has 0 bridgehead atoms. The van der Waals surface area contributed by atoms with E-state index in [2.05, 4.69) is 5.32 Å². The Labute approximate surface area is 105 Å². The third-order valence-electron chi connectivity index (χ3n) is 3.38. The van der Waals surface area contributed by atoms with Crippen LogP contribution in [0.3, 0.4) is 0 Å². The molecule has 98 valence electrons. The summed E-state index contributed by atoms with van der Waals surface area (Å²) in [5.41, 5.74) is -1.15. The van der Waals surface area contributed by atoms with Crippen LogP contribution < -0.4 is 5.32 Å². The smallest absolute Gasteiger partial charge is 0.319 e. The molecule has 1 fully saturated rings. The highest BCUT2D eigenvalue weighted by Gasteiger charge is 2.57. The van der Waals surface area contributed by atoms with E-state index < -0.39 is 11.4 Å². The number of carbonyl (C=O) groups excluding carboxylic acids is 1. The van der Waals surface area contributed by atoms with Crippen LogP contribution in [0.25, 0.3) is 0 Å². The molecule has 18 heavy (non-hydrogen) atoms. The maximum absolute atomic E-state index is 11.8. The minimum absolute atomic E-state index is 0.0561. The van der Waals surface area contributed by atoms with Crippen LogP contribution in [0.1, 0.15) is 31.9 Å². The van der Waals surface area contributed by atoms with E-state index in [1.807, 2.05) is 19.1 Å². The van der Waals surface area contributed by atoms with Crippen LogP contribution in [0.4, 0.5) is 0 Å². The molecule has 1 aromatic heterocycles. The van der Waals surface area contributed by atoms with Crippen molar-refractivity contribution in [2.75, 3.05) is 0 Å². The largest absolute Gasteiger partial charge is 0.480 e. The Balaban J connectivity index is 1.79. The Morgan fingerprint density at radius 3 is 2.78 bits per heavy atom. The summed E-state index contributed by atoms with van der Waals surface area (Å²) in [6.07, 6.45) is 3.96. The van der Waals surface area contributed by atoms with Gasteiger partial charge in [0.25, 0.3) is 0 Å². The summed E-state index contributed by atoms with van der Waals surface area (Å²) in [6.45, 7) is 1.87. The van der Waals surface area contributed by atoms with Gasteiger partial charge in [0.2, 0.25) is 5.91 Å². The van der Waals surface area contributed by atoms with E-state index in [1.165, 1.54) is 0 Å². The van der Waals surface area contributed by atoms with Crippen molar-refractivity contribution in [2.24, 2.45) is 5.41 Å². The number of furan rings is 1. The zero-order chi connectivity index (χ0) is 13.2. The fourth-order valence-electron chi connectivity index (χ4n) is 1.91. The average Bonchev–Trinajstić information content (AvgIpc) is 2.98. The Kier molecular flexibility index (Phi) is 3.41. The highest BCUT2D eigenvalue weighted by Crippen LogP contribution is 2.46. The van der Waals surface area contributed by atoms with Crippen molar-refractivity contribution >= 4 is 11.9 Å². The number of hydrogen-bond donors (Lipinski definition) is 2. The molecule has 1 aliphatic rings. The number of carboxylic acids is 1. The second-order valence-corrected chi connectivity index (χ2v) is 4.88. The van der Waals surface area contributed by atoms with Crippen LogP contribution in [0.2, 0.25) is 0 Å². The van der Waals surface area contributed by atoms with E-state index in [0.717, 1.165) is 18.6 Å². The van der Waals surface area contributed by atoms with Gasteiger partial charge in [0.05, 0.1) is 6.26 Å². The molecule has 5 heteroatoms. The number of carboxylic acid groups (broad SMARTS) is 1. The summed E-state index contributed by atoms with van der Waals surface area (Å²) in [7, 11) is 0. The minimum atomic E-state index is -1.15. The Hall–Kier alpha value is -1.78. The van der Waals surface area contributed by atoms with Gasteiger partial charge in [-0.3, -0.25) is 9.59 Å². The van der Waals surface area contributed by atoms with Crippen LogP contribution in [-0.2, 0) is 16.0 Å². The van der Waals surface area contributed by atoms with E-state index in [-0.39, 0.29) is 11.9 Å². The van der Waals surface area contributed by atoms with E-state index in [4.69, 9.17) is 9.52 Å². The van der Waals surface area contributed by atoms with Crippen molar-refractivity contribution in [1.82, 2.24) is 5.32 Å². The molecule has 1 atom stereocenters. The quantitative estimate of drug-likeness (QED) is 0.752. The second kappa shape index (κ2) is 4.84. The van der Waals surface area contributed by atoms with Gasteiger partial charge >= 0.3 is 5.97 Å². The topological polar surface area (TPSA) is 79.5 Å². The molecule has 1 aromatic rings. The number of carbonyl (C=O) groups is 2. The van der Waals surface area contributed by atoms with E-state index >= 15 is 0 Å². The summed E-state index contributed by atoms with van der Waals surface area (Å²) in [5.74, 6) is -0.504. The fourth-order valence-corrected chi connectivity index (χ4v) is 1.91. The first-order valence-electron chi connectivity index (χ1n) is 6.11. The van der Waals surface area contributed by atoms with Crippen molar-refractivity contribution < 1.29 is 19.1 Å². The number of aliphatic carboxylic acids is 1. The van der Waals surface area contributed by atoms with E-state index in [9.17, 15) is 9.59 Å². The molecule has 1 amide bonds. The molecular weight excluding hydrogens is 234 g/mol. The van der Waals surface area contributed by atoms with Gasteiger partial charge in [-0.2, -0.15) is 0 Å². The highest BCUT2D eigenvalue weighted by molar-refractivity contribution is 6.04. The van der Waals surface area contributed by atoms with Crippen LogP contribution in [0.15, 0.2) is 22.8 Å². The zero-order valence-electron chi connectivity index (χ0n) is 10.3. The predicted molar refractivity (Wildman–Crippen MR) is 63.9 cm³/mol. The minimum Gasteiger partial charge on any atom is -0.480 e. The van der Waals surface area contributed by atoms with E-state index in [0.29, 0.717) is 12.8 Å². The second-order valence-electron chi connectivity index (χ2n) is 4.88. The fraction of sp³-hybridized carbons (Fsp3) is 0.538. The summed E-state index contributed by atoms with van der Waals surface area (Å²) in [5, 5.41) is 11.8. The molecule has 1 heterocycles. The standard InChI is InChI=1S/C13H17NO4/c1-9(4-5-10-3-2-8-18-10)14-11(15)13(6-7-13)12(16)17/h2-3,8-9H,4-7H2,1H3,(H,14,15)(H,16,17).